The molecule has 1 aromatic carbocycles. The molecule has 2 aromatic heterocycles. The number of hydrogen-bond donors (Lipinski definition) is 0. The molecule has 3 rings (SSSR count). The molecule has 148 valence electrons. The highest BCUT2D eigenvalue weighted by Gasteiger charge is 2.26. The Morgan fingerprint density at radius 2 is 1.82 bits per heavy atom. The van der Waals surface area contributed by atoms with Gasteiger partial charge in [-0.15, -0.1) is 0 Å². The fourth-order valence-corrected chi connectivity index (χ4v) is 3.15. The second-order valence-corrected chi connectivity index (χ2v) is 6.34. The van der Waals surface area contributed by atoms with Crippen LogP contribution >= 0.6 is 0 Å². The highest BCUT2D eigenvalue weighted by Crippen LogP contribution is 2.35. The van der Waals surface area contributed by atoms with Crippen molar-refractivity contribution >= 4 is 17.0 Å². The quantitative estimate of drug-likeness (QED) is 0.544. The third kappa shape index (κ3) is 3.81. The van der Waals surface area contributed by atoms with Gasteiger partial charge >= 0.3 is 5.97 Å². The molecule has 0 atom stereocenters. The molecule has 0 amide bonds. The fraction of sp³-hybridized carbons (Fsp3) is 0.364. The summed E-state index contributed by atoms with van der Waals surface area (Å²) in [6.45, 7) is 6.85. The molecule has 3 aromatic rings. The monoisotopic (exact) mass is 382 g/mol. The highest BCUT2D eigenvalue weighted by molar-refractivity contribution is 6.00. The van der Waals surface area contributed by atoms with Gasteiger partial charge in [0, 0.05) is 12.6 Å². The molecular formula is C22H26N2O4. The number of carbonyl (C=O) groups is 1. The lowest BCUT2D eigenvalue weighted by atomic mass is 10.2. The Morgan fingerprint density at radius 3 is 2.46 bits per heavy atom. The number of nitrogens with zero attached hydrogens (tertiary/aromatic N) is 2. The van der Waals surface area contributed by atoms with Gasteiger partial charge in [-0.1, -0.05) is 37.3 Å². The topological polar surface area (TPSA) is 62.6 Å². The van der Waals surface area contributed by atoms with Crippen molar-refractivity contribution < 1.29 is 19.0 Å². The number of carbonyl (C=O) groups excluding carboxylic acids is 1. The van der Waals surface area contributed by atoms with E-state index in [2.05, 4.69) is 6.92 Å². The molecule has 6 nitrogen and oxygen atoms in total. The van der Waals surface area contributed by atoms with Crippen LogP contribution < -0.4 is 9.47 Å². The van der Waals surface area contributed by atoms with Gasteiger partial charge in [0.05, 0.1) is 18.7 Å². The van der Waals surface area contributed by atoms with Crippen molar-refractivity contribution in [2.75, 3.05) is 13.2 Å². The summed E-state index contributed by atoms with van der Waals surface area (Å²) in [5.41, 5.74) is 3.83. The minimum absolute atomic E-state index is 0.297. The van der Waals surface area contributed by atoms with Gasteiger partial charge in [-0.3, -0.25) is 0 Å². The van der Waals surface area contributed by atoms with E-state index in [0.717, 1.165) is 23.1 Å². The Hall–Kier alpha value is -3.02. The maximum atomic E-state index is 12.5. The largest absolute Gasteiger partial charge is 0.489 e. The van der Waals surface area contributed by atoms with Gasteiger partial charge in [-0.25, -0.2) is 9.78 Å². The average molecular weight is 382 g/mol. The molecule has 0 N–H and O–H groups in total. The molecule has 0 aliphatic carbocycles. The van der Waals surface area contributed by atoms with E-state index in [9.17, 15) is 4.79 Å². The van der Waals surface area contributed by atoms with Crippen LogP contribution in [0, 0.1) is 0 Å². The lowest BCUT2D eigenvalue weighted by Gasteiger charge is -2.11. The van der Waals surface area contributed by atoms with Crippen LogP contribution in [-0.4, -0.2) is 28.7 Å². The normalized spacial score (nSPS) is 10.9. The number of rotatable bonds is 8. The van der Waals surface area contributed by atoms with Gasteiger partial charge in [0.1, 0.15) is 12.1 Å². The Labute approximate surface area is 165 Å². The van der Waals surface area contributed by atoms with E-state index in [-0.39, 0.29) is 0 Å². The van der Waals surface area contributed by atoms with Crippen molar-refractivity contribution in [3.05, 3.63) is 53.2 Å². The third-order valence-corrected chi connectivity index (χ3v) is 4.53. The highest BCUT2D eigenvalue weighted by atomic mass is 16.5. The summed E-state index contributed by atoms with van der Waals surface area (Å²) in [4.78, 5) is 17.2. The summed E-state index contributed by atoms with van der Waals surface area (Å²) >= 11 is 0. The minimum Gasteiger partial charge on any atom is -0.489 e. The number of pyridine rings is 1. The molecular weight excluding hydrogens is 356 g/mol. The Balaban J connectivity index is 2.08. The molecule has 0 bridgehead atoms. The van der Waals surface area contributed by atoms with Crippen LogP contribution in [0.25, 0.3) is 11.0 Å². The summed E-state index contributed by atoms with van der Waals surface area (Å²) in [6.07, 6.45) is 0.761. The van der Waals surface area contributed by atoms with E-state index in [4.69, 9.17) is 19.2 Å². The van der Waals surface area contributed by atoms with Gasteiger partial charge in [-0.2, -0.15) is 0 Å². The Bertz CT molecular complexity index is 964. The summed E-state index contributed by atoms with van der Waals surface area (Å²) in [5.74, 6) is 0.572. The number of hydrogen-bond acceptors (Lipinski definition) is 5. The lowest BCUT2D eigenvalue weighted by Crippen LogP contribution is -2.11. The van der Waals surface area contributed by atoms with E-state index >= 15 is 0 Å². The molecule has 28 heavy (non-hydrogen) atoms. The number of esters is 1. The fourth-order valence-electron chi connectivity index (χ4n) is 3.15. The summed E-state index contributed by atoms with van der Waals surface area (Å²) in [5, 5.41) is 0. The van der Waals surface area contributed by atoms with Crippen molar-refractivity contribution in [1.29, 1.82) is 0 Å². The van der Waals surface area contributed by atoms with Gasteiger partial charge < -0.3 is 18.8 Å². The first-order valence-electron chi connectivity index (χ1n) is 9.59. The standard InChI is InChI=1S/C22H26N2O4/c1-5-16-13-17-18(23-21(16)28-14-15-11-9-8-10-12-15)20(26-6-2)19(24(17)4)22(25)27-7-3/h8-13H,5-7,14H2,1-4H3. The first-order chi connectivity index (χ1) is 13.6. The Morgan fingerprint density at radius 1 is 1.07 bits per heavy atom. The van der Waals surface area contributed by atoms with Gasteiger partial charge in [0.25, 0.3) is 0 Å². The van der Waals surface area contributed by atoms with Crippen LogP contribution in [-0.2, 0) is 24.8 Å². The molecule has 0 unspecified atom stereocenters. The molecule has 0 spiro atoms. The predicted molar refractivity (Wildman–Crippen MR) is 108 cm³/mol. The zero-order chi connectivity index (χ0) is 20.1. The second kappa shape index (κ2) is 8.78. The third-order valence-electron chi connectivity index (χ3n) is 4.53. The maximum absolute atomic E-state index is 12.5. The average Bonchev–Trinajstić information content (AvgIpc) is 2.98. The van der Waals surface area contributed by atoms with Gasteiger partial charge in [0.15, 0.2) is 11.4 Å². The van der Waals surface area contributed by atoms with E-state index < -0.39 is 5.97 Å². The van der Waals surface area contributed by atoms with Gasteiger partial charge in [-0.05, 0) is 31.9 Å². The van der Waals surface area contributed by atoms with E-state index in [1.165, 1.54) is 0 Å². The second-order valence-electron chi connectivity index (χ2n) is 6.34. The maximum Gasteiger partial charge on any atom is 0.358 e. The van der Waals surface area contributed by atoms with Crippen molar-refractivity contribution in [2.45, 2.75) is 33.8 Å². The van der Waals surface area contributed by atoms with Crippen LogP contribution in [0.4, 0.5) is 0 Å². The minimum atomic E-state index is -0.420. The molecule has 0 aliphatic rings. The molecule has 0 saturated heterocycles. The number of aryl methyl sites for hydroxylation is 2. The number of ether oxygens (including phenoxy) is 3. The van der Waals surface area contributed by atoms with Crippen molar-refractivity contribution in [1.82, 2.24) is 9.55 Å². The first kappa shape index (κ1) is 19.7. The van der Waals surface area contributed by atoms with Crippen molar-refractivity contribution in [2.24, 2.45) is 7.05 Å². The Kier molecular flexibility index (Phi) is 6.19. The van der Waals surface area contributed by atoms with E-state index in [1.807, 2.05) is 50.4 Å². The van der Waals surface area contributed by atoms with Crippen LogP contribution in [0.1, 0.15) is 42.4 Å². The number of benzene rings is 1. The van der Waals surface area contributed by atoms with Crippen LogP contribution in [0.5, 0.6) is 11.6 Å². The summed E-state index contributed by atoms with van der Waals surface area (Å²) in [7, 11) is 1.82. The zero-order valence-corrected chi connectivity index (χ0v) is 16.8. The van der Waals surface area contributed by atoms with Gasteiger partial charge in [0.2, 0.25) is 5.88 Å². The smallest absolute Gasteiger partial charge is 0.358 e. The summed E-state index contributed by atoms with van der Waals surface area (Å²) < 4.78 is 18.8. The molecule has 0 fully saturated rings. The van der Waals surface area contributed by atoms with E-state index in [1.54, 1.807) is 11.5 Å². The van der Waals surface area contributed by atoms with Crippen molar-refractivity contribution in [3.63, 3.8) is 0 Å². The van der Waals surface area contributed by atoms with Crippen LogP contribution in [0.3, 0.4) is 0 Å². The molecule has 6 heteroatoms. The molecule has 0 saturated carbocycles. The molecule has 2 heterocycles. The van der Waals surface area contributed by atoms with Crippen molar-refractivity contribution in [3.8, 4) is 11.6 Å². The van der Waals surface area contributed by atoms with E-state index in [0.29, 0.717) is 42.7 Å². The summed E-state index contributed by atoms with van der Waals surface area (Å²) in [6, 6.07) is 12.0. The van der Waals surface area contributed by atoms with Crippen LogP contribution in [0.2, 0.25) is 0 Å². The molecule has 0 radical (unpaired) electrons. The number of aromatic nitrogens is 2. The SMILES string of the molecule is CCOC(=O)c1c(OCC)c2nc(OCc3ccccc3)c(CC)cc2n1C. The zero-order valence-electron chi connectivity index (χ0n) is 16.8. The number of fused-ring (bicyclic) bond motifs is 1. The molecule has 0 aliphatic heterocycles. The lowest BCUT2D eigenvalue weighted by molar-refractivity contribution is 0.0511. The predicted octanol–water partition coefficient (Wildman–Crippen LogP) is 4.29. The first-order valence-corrected chi connectivity index (χ1v) is 9.59. The van der Waals surface area contributed by atoms with Crippen LogP contribution in [0.15, 0.2) is 36.4 Å².